The number of piperidine rings is 1. The molecular formula is C22H21NO3. The fourth-order valence-electron chi connectivity index (χ4n) is 5.66. The predicted molar refractivity (Wildman–Crippen MR) is 97.8 cm³/mol. The van der Waals surface area contributed by atoms with Crippen LogP contribution in [0.4, 0.5) is 0 Å². The Labute approximate surface area is 152 Å². The molecule has 2 aromatic carbocycles. The summed E-state index contributed by atoms with van der Waals surface area (Å²) in [6.07, 6.45) is 5.31. The van der Waals surface area contributed by atoms with Crippen LogP contribution in [0.2, 0.25) is 0 Å². The van der Waals surface area contributed by atoms with Gasteiger partial charge < -0.3 is 19.9 Å². The summed E-state index contributed by atoms with van der Waals surface area (Å²) in [5.41, 5.74) is 2.48. The third-order valence-electron chi connectivity index (χ3n) is 6.64. The lowest BCUT2D eigenvalue weighted by molar-refractivity contribution is -0.0176. The number of aliphatic hydroxyl groups excluding tert-OH is 1. The van der Waals surface area contributed by atoms with Crippen LogP contribution in [0.25, 0.3) is 0 Å². The van der Waals surface area contributed by atoms with Crippen molar-refractivity contribution in [2.75, 3.05) is 6.54 Å². The second-order valence-corrected chi connectivity index (χ2v) is 7.84. The molecule has 0 unspecified atom stereocenters. The molecule has 132 valence electrons. The lowest BCUT2D eigenvalue weighted by Gasteiger charge is -2.53. The predicted octanol–water partition coefficient (Wildman–Crippen LogP) is 2.94. The van der Waals surface area contributed by atoms with Crippen LogP contribution < -0.4 is 14.8 Å². The molecule has 2 heterocycles. The number of nitrogens with one attached hydrogen (secondary N) is 1. The number of para-hydroxylation sites is 1. The normalized spacial score (nSPS) is 35.6. The smallest absolute Gasteiger partial charge is 0.169 e. The van der Waals surface area contributed by atoms with Gasteiger partial charge in [-0.05, 0) is 43.1 Å². The highest BCUT2D eigenvalue weighted by Crippen LogP contribution is 2.61. The standard InChI is InChI=1S/C22H21NO3/c24-17-8-7-15-16-12-13-6-9-18(25-14-4-2-1-3-5-14)20-19(13)22(15,10-11-23-16)21(17)26-20/h1-9,15-17,21,23-24H,10-12H2/t15-,16+,17-,21-,22-/m0/s1. The van der Waals surface area contributed by atoms with Crippen molar-refractivity contribution in [2.45, 2.75) is 36.5 Å². The summed E-state index contributed by atoms with van der Waals surface area (Å²) in [7, 11) is 0. The minimum Gasteiger partial charge on any atom is -0.482 e. The van der Waals surface area contributed by atoms with Gasteiger partial charge in [-0.3, -0.25) is 0 Å². The summed E-state index contributed by atoms with van der Waals surface area (Å²) >= 11 is 0. The van der Waals surface area contributed by atoms with Crippen molar-refractivity contribution >= 4 is 0 Å². The van der Waals surface area contributed by atoms with E-state index in [0.29, 0.717) is 12.0 Å². The van der Waals surface area contributed by atoms with E-state index in [4.69, 9.17) is 9.47 Å². The van der Waals surface area contributed by atoms with Crippen LogP contribution in [0.15, 0.2) is 54.6 Å². The van der Waals surface area contributed by atoms with Gasteiger partial charge in [0.2, 0.25) is 0 Å². The van der Waals surface area contributed by atoms with Crippen molar-refractivity contribution in [2.24, 2.45) is 5.92 Å². The molecule has 0 amide bonds. The van der Waals surface area contributed by atoms with Gasteiger partial charge in [-0.15, -0.1) is 0 Å². The van der Waals surface area contributed by atoms with Crippen LogP contribution in [0.3, 0.4) is 0 Å². The molecule has 5 atom stereocenters. The summed E-state index contributed by atoms with van der Waals surface area (Å²) in [6, 6.07) is 14.4. The minimum absolute atomic E-state index is 0.136. The molecule has 6 rings (SSSR count). The van der Waals surface area contributed by atoms with E-state index in [0.717, 1.165) is 36.6 Å². The van der Waals surface area contributed by atoms with Gasteiger partial charge in [-0.2, -0.15) is 0 Å². The molecule has 1 fully saturated rings. The van der Waals surface area contributed by atoms with E-state index < -0.39 is 6.10 Å². The topological polar surface area (TPSA) is 50.7 Å². The van der Waals surface area contributed by atoms with E-state index in [1.54, 1.807) is 0 Å². The molecule has 2 N–H and O–H groups in total. The van der Waals surface area contributed by atoms with Crippen molar-refractivity contribution in [3.63, 3.8) is 0 Å². The van der Waals surface area contributed by atoms with Crippen LogP contribution >= 0.6 is 0 Å². The Morgan fingerprint density at radius 2 is 2.00 bits per heavy atom. The zero-order chi connectivity index (χ0) is 17.3. The number of benzene rings is 2. The third-order valence-corrected chi connectivity index (χ3v) is 6.64. The maximum absolute atomic E-state index is 10.7. The highest BCUT2D eigenvalue weighted by Gasteiger charge is 2.63. The molecule has 2 bridgehead atoms. The summed E-state index contributed by atoms with van der Waals surface area (Å²) < 4.78 is 12.6. The Balaban J connectivity index is 1.54. The van der Waals surface area contributed by atoms with Crippen LogP contribution in [0.1, 0.15) is 17.5 Å². The minimum atomic E-state index is -0.576. The van der Waals surface area contributed by atoms with Crippen LogP contribution in [-0.4, -0.2) is 29.9 Å². The quantitative estimate of drug-likeness (QED) is 0.820. The number of rotatable bonds is 2. The molecule has 0 aromatic heterocycles. The van der Waals surface area contributed by atoms with Gasteiger partial charge >= 0.3 is 0 Å². The first-order valence-corrected chi connectivity index (χ1v) is 9.43. The van der Waals surface area contributed by atoms with Crippen molar-refractivity contribution in [3.05, 3.63) is 65.7 Å². The second-order valence-electron chi connectivity index (χ2n) is 7.84. The van der Waals surface area contributed by atoms with Crippen molar-refractivity contribution in [3.8, 4) is 17.2 Å². The summed E-state index contributed by atoms with van der Waals surface area (Å²) in [5.74, 6) is 2.75. The van der Waals surface area contributed by atoms with Crippen LogP contribution in [0.5, 0.6) is 17.2 Å². The average Bonchev–Trinajstić information content (AvgIpc) is 3.00. The van der Waals surface area contributed by atoms with Gasteiger partial charge in [-0.1, -0.05) is 36.4 Å². The molecular weight excluding hydrogens is 326 g/mol. The Kier molecular flexibility index (Phi) is 2.92. The molecule has 4 nitrogen and oxygen atoms in total. The lowest BCUT2D eigenvalue weighted by Crippen LogP contribution is -2.64. The third kappa shape index (κ3) is 1.76. The molecule has 1 saturated heterocycles. The van der Waals surface area contributed by atoms with Gasteiger partial charge in [0, 0.05) is 22.9 Å². The molecule has 1 spiro atoms. The lowest BCUT2D eigenvalue weighted by atomic mass is 9.54. The van der Waals surface area contributed by atoms with Crippen molar-refractivity contribution in [1.29, 1.82) is 0 Å². The first-order valence-electron chi connectivity index (χ1n) is 9.43. The highest BCUT2D eigenvalue weighted by molar-refractivity contribution is 5.62. The van der Waals surface area contributed by atoms with E-state index in [-0.39, 0.29) is 11.5 Å². The number of aliphatic hydroxyl groups is 1. The number of ether oxygens (including phenoxy) is 2. The molecule has 4 heteroatoms. The summed E-state index contributed by atoms with van der Waals surface area (Å²) in [6.45, 7) is 0.963. The van der Waals surface area contributed by atoms with Crippen LogP contribution in [0, 0.1) is 5.92 Å². The van der Waals surface area contributed by atoms with E-state index in [2.05, 4.69) is 17.5 Å². The van der Waals surface area contributed by atoms with Gasteiger partial charge in [0.1, 0.15) is 18.0 Å². The summed E-state index contributed by atoms with van der Waals surface area (Å²) in [4.78, 5) is 0. The van der Waals surface area contributed by atoms with E-state index in [1.807, 2.05) is 42.5 Å². The SMILES string of the molecule is O[C@H]1C=C[C@H]2[C@H]3Cc4ccc(Oc5ccccc5)c5c4[C@@]2(CCN3)[C@H]1O5. The van der Waals surface area contributed by atoms with Gasteiger partial charge in [0.25, 0.3) is 0 Å². The molecule has 4 aliphatic rings. The van der Waals surface area contributed by atoms with E-state index in [1.165, 1.54) is 11.1 Å². The Morgan fingerprint density at radius 3 is 2.88 bits per heavy atom. The summed E-state index contributed by atoms with van der Waals surface area (Å²) in [5, 5.41) is 14.4. The zero-order valence-electron chi connectivity index (χ0n) is 14.4. The Hall–Kier alpha value is -2.30. The number of hydrogen-bond acceptors (Lipinski definition) is 4. The monoisotopic (exact) mass is 347 g/mol. The van der Waals surface area contributed by atoms with E-state index >= 15 is 0 Å². The maximum Gasteiger partial charge on any atom is 0.169 e. The largest absolute Gasteiger partial charge is 0.482 e. The fraction of sp³-hybridized carbons (Fsp3) is 0.364. The molecule has 26 heavy (non-hydrogen) atoms. The van der Waals surface area contributed by atoms with Crippen molar-refractivity contribution < 1.29 is 14.6 Å². The maximum atomic E-state index is 10.7. The van der Waals surface area contributed by atoms with Gasteiger partial charge in [-0.25, -0.2) is 0 Å². The van der Waals surface area contributed by atoms with E-state index in [9.17, 15) is 5.11 Å². The first-order chi connectivity index (χ1) is 12.8. The van der Waals surface area contributed by atoms with Crippen LogP contribution in [-0.2, 0) is 11.8 Å². The molecule has 2 aliphatic heterocycles. The first kappa shape index (κ1) is 14.8. The van der Waals surface area contributed by atoms with Gasteiger partial charge in [0.05, 0.1) is 0 Å². The van der Waals surface area contributed by atoms with Gasteiger partial charge in [0.15, 0.2) is 11.5 Å². The zero-order valence-corrected chi connectivity index (χ0v) is 14.4. The second kappa shape index (κ2) is 5.12. The van der Waals surface area contributed by atoms with Crippen molar-refractivity contribution in [1.82, 2.24) is 5.32 Å². The number of hydrogen-bond donors (Lipinski definition) is 2. The molecule has 2 aromatic rings. The Morgan fingerprint density at radius 1 is 1.12 bits per heavy atom. The average molecular weight is 347 g/mol. The molecule has 0 saturated carbocycles. The highest BCUT2D eigenvalue weighted by atomic mass is 16.5. The molecule has 2 aliphatic carbocycles. The molecule has 0 radical (unpaired) electrons. The Bertz CT molecular complexity index is 909. The fourth-order valence-corrected chi connectivity index (χ4v) is 5.66.